The zero-order valence-electron chi connectivity index (χ0n) is 16.8. The van der Waals surface area contributed by atoms with Crippen molar-refractivity contribution in [3.63, 3.8) is 0 Å². The molecular formula is C21H28N2O4S. The number of amides is 1. The molecule has 2 rings (SSSR count). The molecule has 0 bridgehead atoms. The quantitative estimate of drug-likeness (QED) is 0.652. The first-order valence-electron chi connectivity index (χ1n) is 9.26. The van der Waals surface area contributed by atoms with Crippen LogP contribution in [0.2, 0.25) is 0 Å². The minimum absolute atomic E-state index is 0.287. The van der Waals surface area contributed by atoms with Gasteiger partial charge in [0.25, 0.3) is 0 Å². The average Bonchev–Trinajstić information content (AvgIpc) is 2.64. The highest BCUT2D eigenvalue weighted by Gasteiger charge is 2.31. The Morgan fingerprint density at radius 2 is 1.82 bits per heavy atom. The van der Waals surface area contributed by atoms with Gasteiger partial charge in [-0.25, -0.2) is 8.42 Å². The molecule has 0 spiro atoms. The predicted molar refractivity (Wildman–Crippen MR) is 112 cm³/mol. The molecule has 28 heavy (non-hydrogen) atoms. The van der Waals surface area contributed by atoms with Gasteiger partial charge in [0, 0.05) is 0 Å². The first-order chi connectivity index (χ1) is 13.2. The van der Waals surface area contributed by atoms with Crippen molar-refractivity contribution in [2.24, 2.45) is 0 Å². The average molecular weight is 405 g/mol. The number of para-hydroxylation sites is 1. The third kappa shape index (κ3) is 5.73. The lowest BCUT2D eigenvalue weighted by Crippen LogP contribution is -2.49. The second-order valence-corrected chi connectivity index (χ2v) is 8.59. The van der Waals surface area contributed by atoms with Crippen LogP contribution in [-0.2, 0) is 14.8 Å². The number of anilines is 1. The summed E-state index contributed by atoms with van der Waals surface area (Å²) in [5, 5.41) is 2.79. The number of rotatable bonds is 9. The summed E-state index contributed by atoms with van der Waals surface area (Å²) in [6.07, 6.45) is 1.46. The van der Waals surface area contributed by atoms with E-state index in [9.17, 15) is 13.2 Å². The van der Waals surface area contributed by atoms with Crippen molar-refractivity contribution in [1.29, 1.82) is 0 Å². The van der Waals surface area contributed by atoms with Crippen LogP contribution in [0.25, 0.3) is 0 Å². The van der Waals surface area contributed by atoms with Crippen molar-refractivity contribution in [2.75, 3.05) is 23.7 Å². The minimum atomic E-state index is -3.62. The van der Waals surface area contributed by atoms with Crippen molar-refractivity contribution in [2.45, 2.75) is 33.2 Å². The maximum absolute atomic E-state index is 12.7. The summed E-state index contributed by atoms with van der Waals surface area (Å²) >= 11 is 0. The Hall–Kier alpha value is -2.54. The summed E-state index contributed by atoms with van der Waals surface area (Å²) in [5.74, 6) is 0.426. The van der Waals surface area contributed by atoms with Crippen LogP contribution in [0.1, 0.15) is 24.5 Å². The summed E-state index contributed by atoms with van der Waals surface area (Å²) in [5.41, 5.74) is 2.66. The van der Waals surface area contributed by atoms with E-state index in [0.29, 0.717) is 18.7 Å². The molecule has 2 aromatic rings. The molecule has 152 valence electrons. The van der Waals surface area contributed by atoms with E-state index >= 15 is 0 Å². The number of sulfonamides is 1. The van der Waals surface area contributed by atoms with Crippen LogP contribution in [0.15, 0.2) is 48.5 Å². The molecule has 2 aromatic carbocycles. The lowest BCUT2D eigenvalue weighted by molar-refractivity contribution is -0.122. The molecular weight excluding hydrogens is 376 g/mol. The van der Waals surface area contributed by atoms with Crippen molar-refractivity contribution in [3.8, 4) is 5.75 Å². The van der Waals surface area contributed by atoms with Crippen LogP contribution in [0, 0.1) is 13.8 Å². The zero-order valence-corrected chi connectivity index (χ0v) is 17.6. The number of nitrogens with one attached hydrogen (secondary N) is 1. The Morgan fingerprint density at radius 3 is 2.39 bits per heavy atom. The van der Waals surface area contributed by atoms with E-state index < -0.39 is 16.1 Å². The van der Waals surface area contributed by atoms with Crippen LogP contribution in [0.5, 0.6) is 5.75 Å². The van der Waals surface area contributed by atoms with Gasteiger partial charge in [0.15, 0.2) is 0 Å². The van der Waals surface area contributed by atoms with E-state index in [1.165, 1.54) is 4.31 Å². The molecule has 0 saturated carbocycles. The Kier molecular flexibility index (Phi) is 7.45. The van der Waals surface area contributed by atoms with Crippen molar-refractivity contribution >= 4 is 21.6 Å². The Balaban J connectivity index is 2.01. The third-order valence-electron chi connectivity index (χ3n) is 4.33. The molecule has 6 nitrogen and oxygen atoms in total. The fraction of sp³-hybridized carbons (Fsp3) is 0.381. The maximum Gasteiger partial charge on any atom is 0.244 e. The molecule has 0 aliphatic rings. The Morgan fingerprint density at radius 1 is 1.14 bits per heavy atom. The molecule has 1 amide bonds. The van der Waals surface area contributed by atoms with Gasteiger partial charge in [-0.1, -0.05) is 42.8 Å². The van der Waals surface area contributed by atoms with Crippen LogP contribution >= 0.6 is 0 Å². The highest BCUT2D eigenvalue weighted by atomic mass is 32.2. The van der Waals surface area contributed by atoms with Crippen LogP contribution < -0.4 is 14.4 Å². The van der Waals surface area contributed by atoms with Gasteiger partial charge in [-0.05, 0) is 44.0 Å². The van der Waals surface area contributed by atoms with Crippen LogP contribution in [0.3, 0.4) is 0 Å². The highest BCUT2D eigenvalue weighted by molar-refractivity contribution is 7.92. The first-order valence-corrected chi connectivity index (χ1v) is 11.1. The first kappa shape index (κ1) is 21.8. The normalized spacial score (nSPS) is 12.3. The van der Waals surface area contributed by atoms with Gasteiger partial charge >= 0.3 is 0 Å². The van der Waals surface area contributed by atoms with Gasteiger partial charge < -0.3 is 10.1 Å². The van der Waals surface area contributed by atoms with E-state index in [2.05, 4.69) is 5.32 Å². The molecule has 0 aliphatic carbocycles. The summed E-state index contributed by atoms with van der Waals surface area (Å²) in [6.45, 7) is 6.36. The third-order valence-corrected chi connectivity index (χ3v) is 5.51. The fourth-order valence-corrected chi connectivity index (χ4v) is 4.26. The Bertz CT molecular complexity index is 898. The van der Waals surface area contributed by atoms with E-state index in [1.807, 2.05) is 32.0 Å². The molecule has 7 heteroatoms. The monoisotopic (exact) mass is 404 g/mol. The van der Waals surface area contributed by atoms with Crippen molar-refractivity contribution < 1.29 is 17.9 Å². The summed E-state index contributed by atoms with van der Waals surface area (Å²) < 4.78 is 31.6. The van der Waals surface area contributed by atoms with Gasteiger partial charge in [-0.15, -0.1) is 0 Å². The highest BCUT2D eigenvalue weighted by Crippen LogP contribution is 2.22. The second-order valence-electron chi connectivity index (χ2n) is 6.73. The topological polar surface area (TPSA) is 75.7 Å². The van der Waals surface area contributed by atoms with E-state index in [0.717, 1.165) is 23.1 Å². The summed E-state index contributed by atoms with van der Waals surface area (Å²) in [4.78, 5) is 12.7. The SMILES string of the molecule is CC[C@@H](C(=O)NCCOc1ccc(C)cc1C)N(c1ccccc1)S(C)(=O)=O. The van der Waals surface area contributed by atoms with Gasteiger partial charge in [0.2, 0.25) is 15.9 Å². The summed E-state index contributed by atoms with van der Waals surface area (Å²) in [6, 6.07) is 13.7. The van der Waals surface area contributed by atoms with Gasteiger partial charge in [-0.3, -0.25) is 9.10 Å². The van der Waals surface area contributed by atoms with Crippen molar-refractivity contribution in [1.82, 2.24) is 5.32 Å². The van der Waals surface area contributed by atoms with Crippen LogP contribution in [-0.4, -0.2) is 39.8 Å². The predicted octanol–water partition coefficient (Wildman–Crippen LogP) is 3.04. The molecule has 0 aliphatic heterocycles. The second kappa shape index (κ2) is 9.59. The Labute approximate surface area is 167 Å². The molecule has 0 radical (unpaired) electrons. The van der Waals surface area contributed by atoms with E-state index in [-0.39, 0.29) is 12.5 Å². The molecule has 0 aromatic heterocycles. The standard InChI is InChI=1S/C21H28N2O4S/c1-5-19(23(28(4,25)26)18-9-7-6-8-10-18)21(24)22-13-14-27-20-12-11-16(2)15-17(20)3/h6-12,15,19H,5,13-14H2,1-4H3,(H,22,24)/t19-/m0/s1. The maximum atomic E-state index is 12.7. The lowest BCUT2D eigenvalue weighted by atomic mass is 10.1. The van der Waals surface area contributed by atoms with E-state index in [1.54, 1.807) is 37.3 Å². The molecule has 1 N–H and O–H groups in total. The number of hydrogen-bond acceptors (Lipinski definition) is 4. The smallest absolute Gasteiger partial charge is 0.244 e. The van der Waals surface area contributed by atoms with Gasteiger partial charge in [-0.2, -0.15) is 0 Å². The fourth-order valence-electron chi connectivity index (χ4n) is 3.05. The number of nitrogens with zero attached hydrogens (tertiary/aromatic N) is 1. The number of hydrogen-bond donors (Lipinski definition) is 1. The van der Waals surface area contributed by atoms with Crippen molar-refractivity contribution in [3.05, 3.63) is 59.7 Å². The largest absolute Gasteiger partial charge is 0.491 e. The molecule has 0 saturated heterocycles. The van der Waals surface area contributed by atoms with Crippen LogP contribution in [0.4, 0.5) is 5.69 Å². The number of carbonyl (C=O) groups excluding carboxylic acids is 1. The lowest BCUT2D eigenvalue weighted by Gasteiger charge is -2.30. The van der Waals surface area contributed by atoms with E-state index in [4.69, 9.17) is 4.74 Å². The number of aryl methyl sites for hydroxylation is 2. The zero-order chi connectivity index (χ0) is 20.7. The van der Waals surface area contributed by atoms with Gasteiger partial charge in [0.05, 0.1) is 18.5 Å². The molecule has 0 fully saturated rings. The molecule has 0 unspecified atom stereocenters. The van der Waals surface area contributed by atoms with Gasteiger partial charge in [0.1, 0.15) is 18.4 Å². The number of carbonyl (C=O) groups is 1. The number of ether oxygens (including phenoxy) is 1. The number of benzene rings is 2. The summed E-state index contributed by atoms with van der Waals surface area (Å²) in [7, 11) is -3.62. The molecule has 1 atom stereocenters. The molecule has 0 heterocycles. The minimum Gasteiger partial charge on any atom is -0.491 e.